The zero-order valence-corrected chi connectivity index (χ0v) is 48.8. The van der Waals surface area contributed by atoms with Crippen LogP contribution in [0.2, 0.25) is 0 Å². The van der Waals surface area contributed by atoms with E-state index >= 15 is 0 Å². The number of ether oxygens (including phenoxy) is 3. The van der Waals surface area contributed by atoms with Gasteiger partial charge < -0.3 is 14.2 Å². The van der Waals surface area contributed by atoms with Crippen molar-refractivity contribution in [3.05, 3.63) is 122 Å². The summed E-state index contributed by atoms with van der Waals surface area (Å²) in [6.45, 7) is 6.43. The second-order valence-electron chi connectivity index (χ2n) is 20.2. The first-order valence-corrected chi connectivity index (χ1v) is 31.0. The van der Waals surface area contributed by atoms with Crippen LogP contribution in [0.1, 0.15) is 278 Å². The number of rotatable bonds is 55. The van der Waals surface area contributed by atoms with E-state index in [-0.39, 0.29) is 37.5 Å². The Hall–Kier alpha value is -4.19. The highest BCUT2D eigenvalue weighted by Gasteiger charge is 2.19. The van der Waals surface area contributed by atoms with E-state index in [9.17, 15) is 14.4 Å². The van der Waals surface area contributed by atoms with E-state index in [0.717, 1.165) is 103 Å². The molecule has 0 aromatic carbocycles. The molecule has 0 N–H and O–H groups in total. The van der Waals surface area contributed by atoms with Gasteiger partial charge in [0.1, 0.15) is 13.2 Å². The van der Waals surface area contributed by atoms with Gasteiger partial charge in [-0.15, -0.1) is 0 Å². The number of hydrogen-bond acceptors (Lipinski definition) is 6. The van der Waals surface area contributed by atoms with E-state index in [2.05, 4.69) is 142 Å². The molecule has 0 saturated carbocycles. The van der Waals surface area contributed by atoms with Gasteiger partial charge in [0.2, 0.25) is 0 Å². The van der Waals surface area contributed by atoms with Crippen LogP contribution in [0.15, 0.2) is 122 Å². The van der Waals surface area contributed by atoms with Gasteiger partial charge in [-0.3, -0.25) is 14.4 Å². The molecule has 6 nitrogen and oxygen atoms in total. The smallest absolute Gasteiger partial charge is 0.306 e. The van der Waals surface area contributed by atoms with Gasteiger partial charge in [0.25, 0.3) is 0 Å². The zero-order chi connectivity index (χ0) is 54.3. The summed E-state index contributed by atoms with van der Waals surface area (Å²) < 4.78 is 16.8. The van der Waals surface area contributed by atoms with Gasteiger partial charge in [-0.2, -0.15) is 0 Å². The molecule has 75 heavy (non-hydrogen) atoms. The van der Waals surface area contributed by atoms with Crippen molar-refractivity contribution in [1.82, 2.24) is 0 Å². The minimum Gasteiger partial charge on any atom is -0.462 e. The first-order valence-electron chi connectivity index (χ1n) is 31.0. The molecule has 6 heteroatoms. The maximum Gasteiger partial charge on any atom is 0.306 e. The Kier molecular flexibility index (Phi) is 58.9. The third-order valence-electron chi connectivity index (χ3n) is 13.0. The van der Waals surface area contributed by atoms with Crippen LogP contribution in [0.3, 0.4) is 0 Å². The number of hydrogen-bond donors (Lipinski definition) is 0. The van der Waals surface area contributed by atoms with Gasteiger partial charge in [-0.25, -0.2) is 0 Å². The second kappa shape index (κ2) is 62.4. The molecule has 426 valence electrons. The summed E-state index contributed by atoms with van der Waals surface area (Å²) in [4.78, 5) is 38.0. The summed E-state index contributed by atoms with van der Waals surface area (Å²) in [5.74, 6) is -0.971. The van der Waals surface area contributed by atoms with E-state index in [1.165, 1.54) is 128 Å². The van der Waals surface area contributed by atoms with Crippen LogP contribution < -0.4 is 0 Å². The van der Waals surface area contributed by atoms with Crippen LogP contribution in [-0.2, 0) is 28.6 Å². The fraction of sp³-hybridized carbons (Fsp3) is 0.667. The summed E-state index contributed by atoms with van der Waals surface area (Å²) >= 11 is 0. The van der Waals surface area contributed by atoms with Crippen molar-refractivity contribution in [2.24, 2.45) is 0 Å². The van der Waals surface area contributed by atoms with Crippen molar-refractivity contribution in [2.45, 2.75) is 284 Å². The highest BCUT2D eigenvalue weighted by atomic mass is 16.6. The van der Waals surface area contributed by atoms with Crippen LogP contribution in [0.4, 0.5) is 0 Å². The van der Waals surface area contributed by atoms with Crippen molar-refractivity contribution in [3.63, 3.8) is 0 Å². The zero-order valence-electron chi connectivity index (χ0n) is 48.8. The predicted molar refractivity (Wildman–Crippen MR) is 325 cm³/mol. The molecule has 0 aromatic rings. The van der Waals surface area contributed by atoms with Crippen LogP contribution in [-0.4, -0.2) is 37.2 Å². The molecule has 0 fully saturated rings. The lowest BCUT2D eigenvalue weighted by molar-refractivity contribution is -0.167. The molecule has 0 aliphatic carbocycles. The normalized spacial score (nSPS) is 12.9. The van der Waals surface area contributed by atoms with Crippen LogP contribution >= 0.6 is 0 Å². The lowest BCUT2D eigenvalue weighted by Crippen LogP contribution is -2.30. The van der Waals surface area contributed by atoms with E-state index in [1.807, 2.05) is 0 Å². The number of esters is 3. The first kappa shape index (κ1) is 70.8. The second-order valence-corrected chi connectivity index (χ2v) is 20.2. The number of unbranched alkanes of at least 4 members (excludes halogenated alkanes) is 24. The third kappa shape index (κ3) is 60.6. The summed E-state index contributed by atoms with van der Waals surface area (Å²) in [6.07, 6.45) is 86.6. The molecule has 0 amide bonds. The lowest BCUT2D eigenvalue weighted by atomic mass is 10.0. The molecule has 0 rings (SSSR count). The Morgan fingerprint density at radius 3 is 0.853 bits per heavy atom. The van der Waals surface area contributed by atoms with Gasteiger partial charge in [0.15, 0.2) is 6.10 Å². The monoisotopic (exact) mass is 1040 g/mol. The maximum atomic E-state index is 12.8. The predicted octanol–water partition coefficient (Wildman–Crippen LogP) is 21.2. The van der Waals surface area contributed by atoms with Gasteiger partial charge in [-0.05, 0) is 109 Å². The quantitative estimate of drug-likeness (QED) is 0.0261. The molecule has 1 atom stereocenters. The molecular formula is C69H114O6. The van der Waals surface area contributed by atoms with Crippen molar-refractivity contribution in [2.75, 3.05) is 13.2 Å². The molecule has 0 heterocycles. The minimum atomic E-state index is -0.810. The number of allylic oxidation sites excluding steroid dienone is 20. The molecule has 1 unspecified atom stereocenters. The van der Waals surface area contributed by atoms with Gasteiger partial charge in [0.05, 0.1) is 0 Å². The van der Waals surface area contributed by atoms with E-state index in [0.29, 0.717) is 19.3 Å². The SMILES string of the molecule is CC/C=C\C/C=C\C/C=C\C/C=C\C/C=C\C/C=C\C/C=C\CCCC(=O)OC(COC(=O)CCCCCCCCC)COC(=O)CCCCCCCCCCCCCC/C=C\C/C=C\C/C=C\CCCCCCC. The summed E-state index contributed by atoms with van der Waals surface area (Å²) in [5.41, 5.74) is 0. The topological polar surface area (TPSA) is 78.9 Å². The first-order chi connectivity index (χ1) is 37.0. The summed E-state index contributed by atoms with van der Waals surface area (Å²) in [7, 11) is 0. The molecule has 0 radical (unpaired) electrons. The fourth-order valence-electron chi connectivity index (χ4n) is 8.32. The fourth-order valence-corrected chi connectivity index (χ4v) is 8.32. The number of carbonyl (C=O) groups excluding carboxylic acids is 3. The van der Waals surface area contributed by atoms with Crippen molar-refractivity contribution in [1.29, 1.82) is 0 Å². The van der Waals surface area contributed by atoms with Crippen molar-refractivity contribution < 1.29 is 28.6 Å². The Balaban J connectivity index is 4.25. The standard InChI is InChI=1S/C69H114O6/c1-4-7-10-13-16-18-20-22-24-26-28-30-32-33-34-35-37-38-40-42-44-46-48-50-53-56-59-62-68(71)74-65-66(64-73-67(70)61-58-55-52-15-12-9-6-3)75-69(72)63-60-57-54-51-49-47-45-43-41-39-36-31-29-27-25-23-21-19-17-14-11-8-5-2/h8,11,17,19-20,22-23,25-26,28-29,31-33,39,41,45,47,51,54,66H,4-7,9-10,12-16,18,21,24,27,30,34-38,40,42-44,46,48-50,52-53,55-65H2,1-3H3/b11-8-,19-17-,22-20-,25-23-,28-26-,31-29-,33-32-,41-39-,47-45-,54-51-. The van der Waals surface area contributed by atoms with E-state index in [1.54, 1.807) is 0 Å². The molecule has 0 aliphatic rings. The van der Waals surface area contributed by atoms with Crippen LogP contribution in [0.5, 0.6) is 0 Å². The Morgan fingerprint density at radius 1 is 0.280 bits per heavy atom. The maximum absolute atomic E-state index is 12.8. The average molecular weight is 1040 g/mol. The summed E-state index contributed by atoms with van der Waals surface area (Å²) in [5, 5.41) is 0. The Bertz CT molecular complexity index is 1570. The number of carbonyl (C=O) groups is 3. The highest BCUT2D eigenvalue weighted by molar-refractivity contribution is 5.71. The van der Waals surface area contributed by atoms with Crippen molar-refractivity contribution >= 4 is 17.9 Å². The van der Waals surface area contributed by atoms with Gasteiger partial charge in [-0.1, -0.05) is 271 Å². The van der Waals surface area contributed by atoms with Crippen molar-refractivity contribution in [3.8, 4) is 0 Å². The van der Waals surface area contributed by atoms with Crippen LogP contribution in [0, 0.1) is 0 Å². The van der Waals surface area contributed by atoms with Gasteiger partial charge >= 0.3 is 17.9 Å². The minimum absolute atomic E-state index is 0.103. The average Bonchev–Trinajstić information content (AvgIpc) is 3.41. The molecule has 0 bridgehead atoms. The lowest BCUT2D eigenvalue weighted by Gasteiger charge is -2.18. The largest absolute Gasteiger partial charge is 0.462 e. The Morgan fingerprint density at radius 2 is 0.533 bits per heavy atom. The van der Waals surface area contributed by atoms with E-state index in [4.69, 9.17) is 14.2 Å². The summed E-state index contributed by atoms with van der Waals surface area (Å²) in [6, 6.07) is 0. The molecule has 0 aliphatic heterocycles. The Labute approximate surface area is 462 Å². The molecule has 0 aromatic heterocycles. The third-order valence-corrected chi connectivity index (χ3v) is 13.0. The molecular weight excluding hydrogens is 925 g/mol. The van der Waals surface area contributed by atoms with E-state index < -0.39 is 6.10 Å². The molecule has 0 spiro atoms. The highest BCUT2D eigenvalue weighted by Crippen LogP contribution is 2.15. The molecule has 0 saturated heterocycles. The van der Waals surface area contributed by atoms with Gasteiger partial charge in [0, 0.05) is 19.3 Å². The van der Waals surface area contributed by atoms with Crippen LogP contribution in [0.25, 0.3) is 0 Å².